The summed E-state index contributed by atoms with van der Waals surface area (Å²) in [7, 11) is 0. The molecular weight excluding hydrogens is 200 g/mol. The number of H-pyrrole nitrogens is 1. The molecule has 0 aromatic carbocycles. The van der Waals surface area contributed by atoms with Crippen molar-refractivity contribution in [3.8, 4) is 0 Å². The van der Waals surface area contributed by atoms with Crippen LogP contribution in [0.2, 0.25) is 5.02 Å². The topological polar surface area (TPSA) is 53.6 Å². The zero-order valence-electron chi connectivity index (χ0n) is 7.37. The van der Waals surface area contributed by atoms with E-state index in [2.05, 4.69) is 20.3 Å². The second kappa shape index (κ2) is 4.11. The summed E-state index contributed by atoms with van der Waals surface area (Å²) in [6.07, 6.45) is 5.09. The molecule has 2 heterocycles. The summed E-state index contributed by atoms with van der Waals surface area (Å²) in [6, 6.07) is 3.59. The molecule has 0 aliphatic heterocycles. The monoisotopic (exact) mass is 208 g/mol. The van der Waals surface area contributed by atoms with Crippen molar-refractivity contribution in [2.24, 2.45) is 0 Å². The fraction of sp³-hybridized carbons (Fsp3) is 0.111. The van der Waals surface area contributed by atoms with E-state index in [4.69, 9.17) is 11.6 Å². The Balaban J connectivity index is 2.02. The molecule has 0 saturated carbocycles. The van der Waals surface area contributed by atoms with E-state index in [1.165, 1.54) is 0 Å². The van der Waals surface area contributed by atoms with E-state index >= 15 is 0 Å². The fourth-order valence-corrected chi connectivity index (χ4v) is 1.26. The van der Waals surface area contributed by atoms with Gasteiger partial charge in [0.05, 0.1) is 23.6 Å². The highest BCUT2D eigenvalue weighted by molar-refractivity contribution is 6.32. The van der Waals surface area contributed by atoms with E-state index in [1.54, 1.807) is 30.9 Å². The predicted octanol–water partition coefficient (Wildman–Crippen LogP) is 2.07. The normalized spacial score (nSPS) is 10.1. The van der Waals surface area contributed by atoms with E-state index in [0.717, 1.165) is 5.69 Å². The number of hydrogen-bond donors (Lipinski definition) is 2. The molecular formula is C9H9ClN4. The van der Waals surface area contributed by atoms with Gasteiger partial charge in [0.2, 0.25) is 0 Å². The van der Waals surface area contributed by atoms with Crippen molar-refractivity contribution in [3.05, 3.63) is 41.6 Å². The molecule has 72 valence electrons. The maximum atomic E-state index is 5.91. The maximum Gasteiger partial charge on any atom is 0.145 e. The molecule has 0 unspecified atom stereocenters. The second-order valence-corrected chi connectivity index (χ2v) is 3.17. The third kappa shape index (κ3) is 2.03. The molecule has 0 aliphatic carbocycles. The second-order valence-electron chi connectivity index (χ2n) is 2.76. The highest BCUT2D eigenvalue weighted by atomic mass is 35.5. The van der Waals surface area contributed by atoms with Gasteiger partial charge in [-0.1, -0.05) is 11.6 Å². The first-order valence-corrected chi connectivity index (χ1v) is 4.55. The third-order valence-electron chi connectivity index (χ3n) is 1.76. The number of pyridine rings is 1. The zero-order chi connectivity index (χ0) is 9.80. The van der Waals surface area contributed by atoms with Crippen LogP contribution in [0.3, 0.4) is 0 Å². The largest absolute Gasteiger partial charge is 0.363 e. The van der Waals surface area contributed by atoms with Crippen LogP contribution in [0.5, 0.6) is 0 Å². The first kappa shape index (κ1) is 9.02. The Kier molecular flexibility index (Phi) is 2.65. The van der Waals surface area contributed by atoms with Gasteiger partial charge in [-0.15, -0.1) is 0 Å². The van der Waals surface area contributed by atoms with Crippen molar-refractivity contribution in [1.82, 2.24) is 15.0 Å². The number of nitrogens with one attached hydrogen (secondary N) is 2. The number of aromatic amines is 1. The first-order valence-electron chi connectivity index (χ1n) is 4.18. The van der Waals surface area contributed by atoms with Gasteiger partial charge in [-0.2, -0.15) is 0 Å². The quantitative estimate of drug-likeness (QED) is 0.812. The Labute approximate surface area is 86.4 Å². The number of aromatic nitrogens is 3. The van der Waals surface area contributed by atoms with Crippen molar-refractivity contribution < 1.29 is 0 Å². The molecule has 2 aromatic heterocycles. The summed E-state index contributed by atoms with van der Waals surface area (Å²) in [6.45, 7) is 0.636. The van der Waals surface area contributed by atoms with Crippen LogP contribution in [0, 0.1) is 0 Å². The molecule has 14 heavy (non-hydrogen) atoms. The van der Waals surface area contributed by atoms with Crippen LogP contribution in [0.15, 0.2) is 30.9 Å². The molecule has 4 nitrogen and oxygen atoms in total. The maximum absolute atomic E-state index is 5.91. The number of hydrogen-bond acceptors (Lipinski definition) is 3. The minimum absolute atomic E-state index is 0.618. The van der Waals surface area contributed by atoms with Crippen LogP contribution >= 0.6 is 11.6 Å². The highest BCUT2D eigenvalue weighted by Gasteiger charge is 1.99. The number of rotatable bonds is 3. The molecule has 0 radical (unpaired) electrons. The van der Waals surface area contributed by atoms with Gasteiger partial charge in [0.25, 0.3) is 0 Å². The van der Waals surface area contributed by atoms with E-state index in [9.17, 15) is 0 Å². The lowest BCUT2D eigenvalue weighted by atomic mass is 10.4. The molecule has 2 rings (SSSR count). The third-order valence-corrected chi connectivity index (χ3v) is 2.06. The Morgan fingerprint density at radius 1 is 1.50 bits per heavy atom. The van der Waals surface area contributed by atoms with Crippen molar-refractivity contribution in [3.63, 3.8) is 0 Å². The Bertz CT molecular complexity index is 399. The van der Waals surface area contributed by atoms with Crippen LogP contribution in [0.4, 0.5) is 5.82 Å². The van der Waals surface area contributed by atoms with Crippen molar-refractivity contribution in [2.75, 3.05) is 5.32 Å². The Hall–Kier alpha value is -1.55. The zero-order valence-corrected chi connectivity index (χ0v) is 8.12. The molecule has 5 heteroatoms. The lowest BCUT2D eigenvalue weighted by Crippen LogP contribution is -2.01. The summed E-state index contributed by atoms with van der Waals surface area (Å²) in [4.78, 5) is 11.0. The van der Waals surface area contributed by atoms with Gasteiger partial charge >= 0.3 is 0 Å². The van der Waals surface area contributed by atoms with E-state index in [1.807, 2.05) is 0 Å². The average Bonchev–Trinajstić information content (AvgIpc) is 2.69. The van der Waals surface area contributed by atoms with Crippen LogP contribution < -0.4 is 5.32 Å². The molecule has 0 saturated heterocycles. The van der Waals surface area contributed by atoms with Crippen LogP contribution in [-0.2, 0) is 6.54 Å². The van der Waals surface area contributed by atoms with Crippen LogP contribution in [-0.4, -0.2) is 15.0 Å². The molecule has 0 aliphatic rings. The summed E-state index contributed by atoms with van der Waals surface area (Å²) < 4.78 is 0. The fourth-order valence-electron chi connectivity index (χ4n) is 1.08. The van der Waals surface area contributed by atoms with Gasteiger partial charge in [0.1, 0.15) is 5.82 Å². The minimum Gasteiger partial charge on any atom is -0.363 e. The molecule has 2 aromatic rings. The van der Waals surface area contributed by atoms with E-state index < -0.39 is 0 Å². The standard InChI is InChI=1S/C9H9ClN4/c10-8-2-1-3-12-9(8)13-5-7-4-11-6-14-7/h1-4,6H,5H2,(H,11,14)(H,12,13). The molecule has 0 atom stereocenters. The van der Waals surface area contributed by atoms with Crippen LogP contribution in [0.1, 0.15) is 5.69 Å². The number of halogens is 1. The Morgan fingerprint density at radius 3 is 3.14 bits per heavy atom. The summed E-state index contributed by atoms with van der Waals surface area (Å²) in [5.74, 6) is 0.684. The molecule has 2 N–H and O–H groups in total. The van der Waals surface area contributed by atoms with Gasteiger partial charge in [0.15, 0.2) is 0 Å². The van der Waals surface area contributed by atoms with Gasteiger partial charge in [-0.3, -0.25) is 0 Å². The van der Waals surface area contributed by atoms with Crippen molar-refractivity contribution in [1.29, 1.82) is 0 Å². The molecule has 0 fully saturated rings. The minimum atomic E-state index is 0.618. The summed E-state index contributed by atoms with van der Waals surface area (Å²) in [5.41, 5.74) is 0.992. The van der Waals surface area contributed by atoms with Crippen molar-refractivity contribution >= 4 is 17.4 Å². The number of imidazole rings is 1. The predicted molar refractivity (Wildman–Crippen MR) is 55.2 cm³/mol. The molecule has 0 amide bonds. The lowest BCUT2D eigenvalue weighted by Gasteiger charge is -2.04. The van der Waals surface area contributed by atoms with E-state index in [0.29, 0.717) is 17.4 Å². The van der Waals surface area contributed by atoms with Gasteiger partial charge in [-0.05, 0) is 12.1 Å². The lowest BCUT2D eigenvalue weighted by molar-refractivity contribution is 1.05. The summed E-state index contributed by atoms with van der Waals surface area (Å²) in [5, 5.41) is 3.72. The first-order chi connectivity index (χ1) is 6.86. The van der Waals surface area contributed by atoms with E-state index in [-0.39, 0.29) is 0 Å². The number of anilines is 1. The number of nitrogens with zero attached hydrogens (tertiary/aromatic N) is 2. The average molecular weight is 209 g/mol. The highest BCUT2D eigenvalue weighted by Crippen LogP contribution is 2.17. The van der Waals surface area contributed by atoms with Crippen LogP contribution in [0.25, 0.3) is 0 Å². The smallest absolute Gasteiger partial charge is 0.145 e. The van der Waals surface area contributed by atoms with Gasteiger partial charge < -0.3 is 10.3 Å². The van der Waals surface area contributed by atoms with Crippen molar-refractivity contribution in [2.45, 2.75) is 6.54 Å². The SMILES string of the molecule is Clc1cccnc1NCc1cnc[nH]1. The summed E-state index contributed by atoms with van der Waals surface area (Å²) >= 11 is 5.91. The van der Waals surface area contributed by atoms with Gasteiger partial charge in [-0.25, -0.2) is 9.97 Å². The van der Waals surface area contributed by atoms with Gasteiger partial charge in [0, 0.05) is 12.4 Å². The Morgan fingerprint density at radius 2 is 2.43 bits per heavy atom. The molecule has 0 spiro atoms. The molecule has 0 bridgehead atoms.